The number of aliphatic hydroxyl groups excluding tert-OH is 1. The van der Waals surface area contributed by atoms with Crippen LogP contribution in [0, 0.1) is 5.41 Å². The Kier molecular flexibility index (Phi) is 7.77. The molecule has 2 saturated heterocycles. The number of rotatable bonds is 7. The van der Waals surface area contributed by atoms with E-state index in [1.54, 1.807) is 37.8 Å². The van der Waals surface area contributed by atoms with Crippen LogP contribution in [-0.2, 0) is 31.2 Å². The summed E-state index contributed by atoms with van der Waals surface area (Å²) < 4.78 is 10.5. The maximum absolute atomic E-state index is 13.8. The molecule has 0 unspecified atom stereocenters. The molecule has 1 atom stereocenters. The zero-order chi connectivity index (χ0) is 34.9. The average molecular weight is 675 g/mol. The zero-order valence-corrected chi connectivity index (χ0v) is 29.3. The lowest BCUT2D eigenvalue weighted by atomic mass is 9.73. The van der Waals surface area contributed by atoms with E-state index in [0.717, 1.165) is 51.4 Å². The Morgan fingerprint density at radius 2 is 1.88 bits per heavy atom. The molecule has 1 aliphatic carbocycles. The number of hydrogen-bond acceptors (Lipinski definition) is 9. The van der Waals surface area contributed by atoms with Crippen molar-refractivity contribution in [3.63, 3.8) is 0 Å². The van der Waals surface area contributed by atoms with Gasteiger partial charge in [0, 0.05) is 79.8 Å². The van der Waals surface area contributed by atoms with Gasteiger partial charge in [0.05, 0.1) is 31.7 Å². The second kappa shape index (κ2) is 12.0. The van der Waals surface area contributed by atoms with Crippen molar-refractivity contribution < 1.29 is 9.84 Å². The minimum absolute atomic E-state index is 0.135. The summed E-state index contributed by atoms with van der Waals surface area (Å²) in [6, 6.07) is 9.80. The van der Waals surface area contributed by atoms with Crippen molar-refractivity contribution in [1.29, 1.82) is 0 Å². The van der Waals surface area contributed by atoms with Crippen LogP contribution >= 0.6 is 0 Å². The monoisotopic (exact) mass is 674 g/mol. The lowest BCUT2D eigenvalue weighted by molar-refractivity contribution is -0.0963. The predicted octanol–water partition coefficient (Wildman–Crippen LogP) is 2.48. The highest BCUT2D eigenvalue weighted by atomic mass is 16.5. The fraction of sp³-hybridized carbons (Fsp3) is 0.405. The van der Waals surface area contributed by atoms with Crippen molar-refractivity contribution in [2.75, 3.05) is 43.1 Å². The summed E-state index contributed by atoms with van der Waals surface area (Å²) in [4.78, 5) is 41.3. The van der Waals surface area contributed by atoms with Gasteiger partial charge in [-0.15, -0.1) is 0 Å². The standard InChI is InChI=1S/C37H43BN8O4/c1-23-18-43(37(38)21-50-22-37)9-10-44(23)26-5-6-32(40-17-26)41-29-13-25(19-42(4)34(29)48)27-7-8-39-33(28(27)20-47)46-12-11-45-30(35(46)49)14-24-15-36(2,3)16-31(24)45/h5-8,11-14,17,19,23,47H,9-10,15-16,18,20-22,38H2,1-4H3,(H,40,41)/t23-/m0/s1. The summed E-state index contributed by atoms with van der Waals surface area (Å²) in [7, 11) is 3.96. The molecule has 8 rings (SSSR count). The Bertz CT molecular complexity index is 2240. The molecule has 5 aromatic heterocycles. The molecule has 2 N–H and O–H groups in total. The third-order valence-corrected chi connectivity index (χ3v) is 10.8. The molecule has 2 aliphatic heterocycles. The number of nitrogens with one attached hydrogen (secondary N) is 1. The third-order valence-electron chi connectivity index (χ3n) is 10.8. The molecule has 0 saturated carbocycles. The molecule has 0 radical (unpaired) electrons. The van der Waals surface area contributed by atoms with E-state index in [1.807, 2.05) is 35.0 Å². The molecule has 7 heterocycles. The molecule has 12 nitrogen and oxygen atoms in total. The van der Waals surface area contributed by atoms with Crippen LogP contribution in [0.2, 0.25) is 0 Å². The third kappa shape index (κ3) is 5.44. The second-order valence-corrected chi connectivity index (χ2v) is 15.2. The first-order valence-corrected chi connectivity index (χ1v) is 17.3. The van der Waals surface area contributed by atoms with Gasteiger partial charge in [0.25, 0.3) is 11.1 Å². The van der Waals surface area contributed by atoms with Crippen molar-refractivity contribution in [3.8, 4) is 16.9 Å². The number of hydrogen-bond donors (Lipinski definition) is 2. The van der Waals surface area contributed by atoms with Crippen LogP contribution < -0.4 is 21.3 Å². The van der Waals surface area contributed by atoms with E-state index in [0.29, 0.717) is 45.6 Å². The van der Waals surface area contributed by atoms with Crippen LogP contribution in [0.15, 0.2) is 70.9 Å². The molecule has 3 aliphatic rings. The number of nitrogens with zero attached hydrogens (tertiary/aromatic N) is 7. The predicted molar refractivity (Wildman–Crippen MR) is 197 cm³/mol. The van der Waals surface area contributed by atoms with E-state index < -0.39 is 0 Å². The highest BCUT2D eigenvalue weighted by Crippen LogP contribution is 2.37. The summed E-state index contributed by atoms with van der Waals surface area (Å²) in [6.45, 7) is 10.8. The van der Waals surface area contributed by atoms with E-state index in [9.17, 15) is 14.7 Å². The Labute approximate surface area is 291 Å². The molecule has 0 bridgehead atoms. The van der Waals surface area contributed by atoms with Crippen molar-refractivity contribution in [3.05, 3.63) is 98.8 Å². The number of aliphatic hydroxyl groups is 1. The van der Waals surface area contributed by atoms with E-state index in [-0.39, 0.29) is 28.6 Å². The SMILES string of the molecule is BC1(N2CCN(c3ccc(Nc4cc(-c5ccnc(-n6ccn7c8c(cc7c6=O)CC(C)(C)C8)c5CO)cn(C)c4=O)nc3)[C@@H](C)C2)COC1. The normalized spacial score (nSPS) is 19.8. The number of ether oxygens (including phenoxy) is 1. The Balaban J connectivity index is 1.07. The summed E-state index contributed by atoms with van der Waals surface area (Å²) in [5.74, 6) is 0.901. The van der Waals surface area contributed by atoms with Crippen molar-refractivity contribution in [2.45, 2.75) is 51.7 Å². The maximum atomic E-state index is 13.8. The van der Waals surface area contributed by atoms with E-state index >= 15 is 0 Å². The quantitative estimate of drug-likeness (QED) is 0.251. The van der Waals surface area contributed by atoms with Crippen LogP contribution in [0.1, 0.15) is 37.6 Å². The zero-order valence-electron chi connectivity index (χ0n) is 29.3. The van der Waals surface area contributed by atoms with E-state index in [4.69, 9.17) is 4.74 Å². The van der Waals surface area contributed by atoms with Gasteiger partial charge in [0.1, 0.15) is 30.7 Å². The molecule has 258 valence electrons. The Hall–Kier alpha value is -4.72. The smallest absolute Gasteiger partial charge is 0.280 e. The van der Waals surface area contributed by atoms with Gasteiger partial charge in [-0.05, 0) is 66.6 Å². The summed E-state index contributed by atoms with van der Waals surface area (Å²) >= 11 is 0. The number of aromatic nitrogens is 5. The fourth-order valence-electron chi connectivity index (χ4n) is 8.07. The van der Waals surface area contributed by atoms with Crippen molar-refractivity contribution >= 4 is 30.6 Å². The largest absolute Gasteiger partial charge is 0.392 e. The number of aryl methyl sites for hydroxylation is 1. The van der Waals surface area contributed by atoms with Crippen LogP contribution in [0.5, 0.6) is 0 Å². The van der Waals surface area contributed by atoms with E-state index in [2.05, 4.69) is 53.7 Å². The number of pyridine rings is 3. The van der Waals surface area contributed by atoms with Crippen molar-refractivity contribution in [2.24, 2.45) is 12.5 Å². The Morgan fingerprint density at radius 3 is 2.58 bits per heavy atom. The van der Waals surface area contributed by atoms with Crippen LogP contribution in [0.25, 0.3) is 22.5 Å². The Morgan fingerprint density at radius 1 is 1.06 bits per heavy atom. The fourth-order valence-corrected chi connectivity index (χ4v) is 8.07. The average Bonchev–Trinajstić information content (AvgIpc) is 3.58. The first-order chi connectivity index (χ1) is 23.9. The highest BCUT2D eigenvalue weighted by Gasteiger charge is 2.42. The summed E-state index contributed by atoms with van der Waals surface area (Å²) in [5, 5.41) is 13.9. The molecular formula is C37H43BN8O4. The molecule has 13 heteroatoms. The van der Waals surface area contributed by atoms with Gasteiger partial charge >= 0.3 is 0 Å². The molecule has 5 aromatic rings. The minimum Gasteiger partial charge on any atom is -0.392 e. The lowest BCUT2D eigenvalue weighted by Gasteiger charge is -2.53. The van der Waals surface area contributed by atoms with Crippen LogP contribution in [0.4, 0.5) is 17.2 Å². The number of fused-ring (bicyclic) bond motifs is 3. The number of piperazine rings is 1. The van der Waals surface area contributed by atoms with Crippen LogP contribution in [-0.4, -0.2) is 85.7 Å². The number of anilines is 3. The second-order valence-electron chi connectivity index (χ2n) is 15.2. The first kappa shape index (κ1) is 32.5. The first-order valence-electron chi connectivity index (χ1n) is 17.3. The van der Waals surface area contributed by atoms with Gasteiger partial charge in [0.2, 0.25) is 0 Å². The maximum Gasteiger partial charge on any atom is 0.280 e. The highest BCUT2D eigenvalue weighted by molar-refractivity contribution is 6.16. The van der Waals surface area contributed by atoms with E-state index in [1.165, 1.54) is 20.4 Å². The molecule has 0 spiro atoms. The van der Waals surface area contributed by atoms with Crippen LogP contribution in [0.3, 0.4) is 0 Å². The van der Waals surface area contributed by atoms with Gasteiger partial charge < -0.3 is 29.0 Å². The van der Waals surface area contributed by atoms with Crippen molar-refractivity contribution in [1.82, 2.24) is 28.4 Å². The topological polar surface area (TPSA) is 122 Å². The lowest BCUT2D eigenvalue weighted by Crippen LogP contribution is -2.68. The van der Waals surface area contributed by atoms with Gasteiger partial charge in [0.15, 0.2) is 0 Å². The minimum atomic E-state index is -0.351. The molecule has 2 fully saturated rings. The summed E-state index contributed by atoms with van der Waals surface area (Å²) in [6.07, 6.45) is 10.7. The summed E-state index contributed by atoms with van der Waals surface area (Å²) in [5.41, 5.74) is 6.07. The molecule has 0 aromatic carbocycles. The van der Waals surface area contributed by atoms with Gasteiger partial charge in [-0.1, -0.05) is 13.8 Å². The molecular weight excluding hydrogens is 631 g/mol. The molecule has 0 amide bonds. The molecule has 50 heavy (non-hydrogen) atoms. The van der Waals surface area contributed by atoms with Gasteiger partial charge in [-0.2, -0.15) is 0 Å². The van der Waals surface area contributed by atoms with Gasteiger partial charge in [-0.3, -0.25) is 19.1 Å². The van der Waals surface area contributed by atoms with Gasteiger partial charge in [-0.25, -0.2) is 9.97 Å².